The van der Waals surface area contributed by atoms with Crippen molar-refractivity contribution in [3.63, 3.8) is 0 Å². The highest BCUT2D eigenvalue weighted by Crippen LogP contribution is 2.44. The van der Waals surface area contributed by atoms with E-state index in [1.54, 1.807) is 0 Å². The van der Waals surface area contributed by atoms with Crippen molar-refractivity contribution in [1.82, 2.24) is 5.32 Å². The summed E-state index contributed by atoms with van der Waals surface area (Å²) in [6.45, 7) is 9.51. The van der Waals surface area contributed by atoms with Crippen LogP contribution in [-0.2, 0) is 4.79 Å². The van der Waals surface area contributed by atoms with Crippen LogP contribution in [0.25, 0.3) is 0 Å². The standard InChI is InChI=1S/C17H34N2O2/c1-5-6-13(9-10-20)11-19-16(21)14-7-8-15(18)12(2)17(14,3)4/h12-15,20H,5-11,18H2,1-4H3,(H,19,21). The molecule has 4 atom stereocenters. The molecule has 1 aliphatic rings. The Morgan fingerprint density at radius 1 is 1.38 bits per heavy atom. The van der Waals surface area contributed by atoms with Gasteiger partial charge in [0, 0.05) is 25.1 Å². The molecule has 1 rings (SSSR count). The van der Waals surface area contributed by atoms with E-state index in [-0.39, 0.29) is 29.9 Å². The Morgan fingerprint density at radius 3 is 2.62 bits per heavy atom. The number of carbonyl (C=O) groups is 1. The Balaban J connectivity index is 2.58. The van der Waals surface area contributed by atoms with E-state index in [2.05, 4.69) is 33.0 Å². The van der Waals surface area contributed by atoms with Crippen molar-refractivity contribution in [3.8, 4) is 0 Å². The fourth-order valence-electron chi connectivity index (χ4n) is 3.63. The molecule has 1 fully saturated rings. The average Bonchev–Trinajstić information content (AvgIpc) is 2.42. The van der Waals surface area contributed by atoms with Crippen LogP contribution in [0.1, 0.15) is 59.8 Å². The summed E-state index contributed by atoms with van der Waals surface area (Å²) in [5.74, 6) is 0.947. The molecule has 21 heavy (non-hydrogen) atoms. The molecule has 0 bridgehead atoms. The highest BCUT2D eigenvalue weighted by Gasteiger charge is 2.44. The Kier molecular flexibility index (Phi) is 7.14. The van der Waals surface area contributed by atoms with Crippen LogP contribution in [0.15, 0.2) is 0 Å². The van der Waals surface area contributed by atoms with Gasteiger partial charge in [-0.25, -0.2) is 0 Å². The van der Waals surface area contributed by atoms with E-state index in [9.17, 15) is 4.79 Å². The van der Waals surface area contributed by atoms with Crippen LogP contribution in [-0.4, -0.2) is 30.2 Å². The number of rotatable bonds is 7. The van der Waals surface area contributed by atoms with Crippen LogP contribution in [0.2, 0.25) is 0 Å². The highest BCUT2D eigenvalue weighted by atomic mass is 16.3. The van der Waals surface area contributed by atoms with Gasteiger partial charge in [0.15, 0.2) is 0 Å². The summed E-state index contributed by atoms with van der Waals surface area (Å²) in [6, 6.07) is 0.200. The highest BCUT2D eigenvalue weighted by molar-refractivity contribution is 5.79. The monoisotopic (exact) mass is 298 g/mol. The van der Waals surface area contributed by atoms with Gasteiger partial charge in [-0.05, 0) is 42.9 Å². The quantitative estimate of drug-likeness (QED) is 0.675. The Morgan fingerprint density at radius 2 is 2.05 bits per heavy atom. The molecule has 0 aromatic rings. The van der Waals surface area contributed by atoms with Crippen molar-refractivity contribution in [2.24, 2.45) is 28.9 Å². The number of amides is 1. The van der Waals surface area contributed by atoms with Crippen LogP contribution in [0, 0.1) is 23.2 Å². The van der Waals surface area contributed by atoms with Crippen molar-refractivity contribution in [2.75, 3.05) is 13.2 Å². The van der Waals surface area contributed by atoms with E-state index in [1.807, 2.05) is 0 Å². The zero-order valence-corrected chi connectivity index (χ0v) is 14.2. The molecule has 4 nitrogen and oxygen atoms in total. The van der Waals surface area contributed by atoms with Crippen molar-refractivity contribution < 1.29 is 9.90 Å². The van der Waals surface area contributed by atoms with E-state index < -0.39 is 0 Å². The van der Waals surface area contributed by atoms with E-state index in [1.165, 1.54) is 0 Å². The van der Waals surface area contributed by atoms with Crippen LogP contribution >= 0.6 is 0 Å². The molecule has 4 heteroatoms. The van der Waals surface area contributed by atoms with Gasteiger partial charge in [-0.15, -0.1) is 0 Å². The molecule has 124 valence electrons. The zero-order valence-electron chi connectivity index (χ0n) is 14.2. The van der Waals surface area contributed by atoms with Gasteiger partial charge >= 0.3 is 0 Å². The number of nitrogens with one attached hydrogen (secondary N) is 1. The first-order valence-corrected chi connectivity index (χ1v) is 8.48. The number of nitrogens with two attached hydrogens (primary N) is 1. The summed E-state index contributed by atoms with van der Waals surface area (Å²) < 4.78 is 0. The first kappa shape index (κ1) is 18.4. The first-order valence-electron chi connectivity index (χ1n) is 8.48. The third-order valence-corrected chi connectivity index (χ3v) is 5.62. The number of aliphatic hydroxyl groups is 1. The zero-order chi connectivity index (χ0) is 16.0. The van der Waals surface area contributed by atoms with Crippen molar-refractivity contribution in [2.45, 2.75) is 65.8 Å². The second-order valence-electron chi connectivity index (χ2n) is 7.32. The van der Waals surface area contributed by atoms with Crippen LogP contribution in [0.5, 0.6) is 0 Å². The number of aliphatic hydroxyl groups excluding tert-OH is 1. The summed E-state index contributed by atoms with van der Waals surface area (Å²) >= 11 is 0. The second kappa shape index (κ2) is 8.14. The Hall–Kier alpha value is -0.610. The average molecular weight is 298 g/mol. The predicted molar refractivity (Wildman–Crippen MR) is 86.8 cm³/mol. The Labute approximate surface area is 129 Å². The smallest absolute Gasteiger partial charge is 0.223 e. The van der Waals surface area contributed by atoms with Crippen LogP contribution < -0.4 is 11.1 Å². The minimum absolute atomic E-state index is 0.0451. The molecule has 0 aliphatic heterocycles. The normalized spacial score (nSPS) is 29.9. The maximum absolute atomic E-state index is 12.6. The van der Waals surface area contributed by atoms with Gasteiger partial charge in [0.05, 0.1) is 0 Å². The maximum atomic E-state index is 12.6. The summed E-state index contributed by atoms with van der Waals surface area (Å²) in [5, 5.41) is 12.2. The predicted octanol–water partition coefficient (Wildman–Crippen LogP) is 2.30. The Bertz CT molecular complexity index is 325. The molecular formula is C17H34N2O2. The fraction of sp³-hybridized carbons (Fsp3) is 0.941. The maximum Gasteiger partial charge on any atom is 0.223 e. The molecule has 0 saturated heterocycles. The third kappa shape index (κ3) is 4.68. The molecule has 4 unspecified atom stereocenters. The molecule has 0 spiro atoms. The summed E-state index contributed by atoms with van der Waals surface area (Å²) in [6.07, 6.45) is 4.71. The van der Waals surface area contributed by atoms with Gasteiger partial charge in [0.2, 0.25) is 5.91 Å². The van der Waals surface area contributed by atoms with Crippen LogP contribution in [0.4, 0.5) is 0 Å². The summed E-state index contributed by atoms with van der Waals surface area (Å²) in [4.78, 5) is 12.6. The lowest BCUT2D eigenvalue weighted by Gasteiger charge is -2.46. The van der Waals surface area contributed by atoms with Crippen molar-refractivity contribution in [1.29, 1.82) is 0 Å². The molecule has 4 N–H and O–H groups in total. The van der Waals surface area contributed by atoms with E-state index in [4.69, 9.17) is 10.8 Å². The number of hydrogen-bond donors (Lipinski definition) is 3. The lowest BCUT2D eigenvalue weighted by molar-refractivity contribution is -0.132. The van der Waals surface area contributed by atoms with Gasteiger partial charge in [-0.3, -0.25) is 4.79 Å². The number of hydrogen-bond acceptors (Lipinski definition) is 3. The molecule has 1 saturated carbocycles. The van der Waals surface area contributed by atoms with Crippen molar-refractivity contribution >= 4 is 5.91 Å². The third-order valence-electron chi connectivity index (χ3n) is 5.62. The van der Waals surface area contributed by atoms with Gasteiger partial charge in [-0.1, -0.05) is 34.1 Å². The molecule has 1 aliphatic carbocycles. The lowest BCUT2D eigenvalue weighted by Crippen LogP contribution is -2.52. The topological polar surface area (TPSA) is 75.3 Å². The van der Waals surface area contributed by atoms with Gasteiger partial charge < -0.3 is 16.2 Å². The van der Waals surface area contributed by atoms with Crippen LogP contribution in [0.3, 0.4) is 0 Å². The lowest BCUT2D eigenvalue weighted by atomic mass is 9.61. The van der Waals surface area contributed by atoms with Gasteiger partial charge in [0.1, 0.15) is 0 Å². The molecule has 1 amide bonds. The molecule has 0 aromatic carbocycles. The largest absolute Gasteiger partial charge is 0.396 e. The molecule has 0 aromatic heterocycles. The van der Waals surface area contributed by atoms with Gasteiger partial charge in [-0.2, -0.15) is 0 Å². The fourth-order valence-corrected chi connectivity index (χ4v) is 3.63. The first-order chi connectivity index (χ1) is 9.84. The second-order valence-corrected chi connectivity index (χ2v) is 7.32. The summed E-state index contributed by atoms with van der Waals surface area (Å²) in [7, 11) is 0. The number of carbonyl (C=O) groups excluding carboxylic acids is 1. The van der Waals surface area contributed by atoms with Gasteiger partial charge in [0.25, 0.3) is 0 Å². The molecule has 0 radical (unpaired) electrons. The minimum Gasteiger partial charge on any atom is -0.396 e. The SMILES string of the molecule is CCCC(CCO)CNC(=O)C1CCC(N)C(C)C1(C)C. The van der Waals surface area contributed by atoms with E-state index >= 15 is 0 Å². The van der Waals surface area contributed by atoms with Crippen molar-refractivity contribution in [3.05, 3.63) is 0 Å². The van der Waals surface area contributed by atoms with E-state index in [0.29, 0.717) is 18.4 Å². The molecular weight excluding hydrogens is 264 g/mol. The minimum atomic E-state index is -0.0566. The summed E-state index contributed by atoms with van der Waals surface area (Å²) in [5.41, 5.74) is 6.10. The molecule has 0 heterocycles. The van der Waals surface area contributed by atoms with E-state index in [0.717, 1.165) is 32.1 Å².